The SMILES string of the molecule is CCC.CCC(CC)C1CCC(C)CC1. The molecule has 0 atom stereocenters. The van der Waals surface area contributed by atoms with Crippen molar-refractivity contribution in [3.63, 3.8) is 0 Å². The highest BCUT2D eigenvalue weighted by Crippen LogP contribution is 2.35. The average Bonchev–Trinajstić information content (AvgIpc) is 2.24. The molecule has 1 saturated carbocycles. The first-order chi connectivity index (χ1) is 7.19. The van der Waals surface area contributed by atoms with E-state index in [0.717, 1.165) is 17.8 Å². The van der Waals surface area contributed by atoms with Gasteiger partial charge in [0.15, 0.2) is 0 Å². The minimum absolute atomic E-state index is 1.01. The monoisotopic (exact) mass is 212 g/mol. The molecule has 0 aliphatic heterocycles. The zero-order chi connectivity index (χ0) is 11.7. The van der Waals surface area contributed by atoms with E-state index < -0.39 is 0 Å². The van der Waals surface area contributed by atoms with E-state index in [1.165, 1.54) is 44.9 Å². The molecule has 0 saturated heterocycles. The molecule has 1 aliphatic rings. The molecule has 92 valence electrons. The Bertz CT molecular complexity index is 116. The third-order valence-corrected chi connectivity index (χ3v) is 3.78. The van der Waals surface area contributed by atoms with Gasteiger partial charge in [0, 0.05) is 0 Å². The van der Waals surface area contributed by atoms with E-state index in [0.29, 0.717) is 0 Å². The van der Waals surface area contributed by atoms with Crippen LogP contribution in [0, 0.1) is 17.8 Å². The zero-order valence-corrected chi connectivity index (χ0v) is 11.7. The van der Waals surface area contributed by atoms with Crippen molar-refractivity contribution in [3.8, 4) is 0 Å². The van der Waals surface area contributed by atoms with E-state index in [2.05, 4.69) is 34.6 Å². The van der Waals surface area contributed by atoms with Crippen LogP contribution in [0.5, 0.6) is 0 Å². The Morgan fingerprint density at radius 2 is 1.27 bits per heavy atom. The Hall–Kier alpha value is 0. The Kier molecular flexibility index (Phi) is 9.24. The molecular weight excluding hydrogens is 180 g/mol. The molecule has 0 spiro atoms. The molecule has 0 heteroatoms. The quantitative estimate of drug-likeness (QED) is 0.566. The fraction of sp³-hybridized carbons (Fsp3) is 1.00. The Balaban J connectivity index is 0.000000583. The lowest BCUT2D eigenvalue weighted by atomic mass is 9.74. The molecular formula is C15H32. The van der Waals surface area contributed by atoms with Crippen molar-refractivity contribution in [2.75, 3.05) is 0 Å². The molecule has 0 N–H and O–H groups in total. The molecule has 1 aliphatic carbocycles. The highest BCUT2D eigenvalue weighted by atomic mass is 14.3. The minimum atomic E-state index is 1.01. The van der Waals surface area contributed by atoms with Crippen molar-refractivity contribution in [2.45, 2.75) is 79.6 Å². The molecule has 0 heterocycles. The summed E-state index contributed by atoms with van der Waals surface area (Å²) in [5, 5.41) is 0. The van der Waals surface area contributed by atoms with E-state index in [4.69, 9.17) is 0 Å². The number of hydrogen-bond donors (Lipinski definition) is 0. The molecule has 0 aromatic heterocycles. The van der Waals surface area contributed by atoms with Gasteiger partial charge < -0.3 is 0 Å². The molecule has 15 heavy (non-hydrogen) atoms. The van der Waals surface area contributed by atoms with E-state index in [9.17, 15) is 0 Å². The molecule has 1 rings (SSSR count). The first-order valence-electron chi connectivity index (χ1n) is 7.19. The summed E-state index contributed by atoms with van der Waals surface area (Å²) < 4.78 is 0. The summed E-state index contributed by atoms with van der Waals surface area (Å²) in [6.45, 7) is 11.4. The van der Waals surface area contributed by atoms with Gasteiger partial charge in [0.2, 0.25) is 0 Å². The van der Waals surface area contributed by atoms with Crippen molar-refractivity contribution >= 4 is 0 Å². The van der Waals surface area contributed by atoms with Crippen LogP contribution in [0.2, 0.25) is 0 Å². The molecule has 0 aromatic carbocycles. The second-order valence-electron chi connectivity index (χ2n) is 5.30. The van der Waals surface area contributed by atoms with Gasteiger partial charge in [-0.1, -0.05) is 66.7 Å². The maximum atomic E-state index is 2.41. The zero-order valence-electron chi connectivity index (χ0n) is 11.7. The van der Waals surface area contributed by atoms with Crippen molar-refractivity contribution < 1.29 is 0 Å². The summed E-state index contributed by atoms with van der Waals surface area (Å²) in [7, 11) is 0. The van der Waals surface area contributed by atoms with Gasteiger partial charge in [0.25, 0.3) is 0 Å². The highest BCUT2D eigenvalue weighted by Gasteiger charge is 2.23. The Labute approximate surface area is 97.8 Å². The van der Waals surface area contributed by atoms with Crippen LogP contribution in [0.4, 0.5) is 0 Å². The van der Waals surface area contributed by atoms with E-state index >= 15 is 0 Å². The van der Waals surface area contributed by atoms with E-state index in [1.807, 2.05) is 0 Å². The van der Waals surface area contributed by atoms with Crippen LogP contribution in [-0.2, 0) is 0 Å². The summed E-state index contributed by atoms with van der Waals surface area (Å²) in [5.74, 6) is 3.10. The highest BCUT2D eigenvalue weighted by molar-refractivity contribution is 4.74. The van der Waals surface area contributed by atoms with E-state index in [1.54, 1.807) is 0 Å². The van der Waals surface area contributed by atoms with Crippen LogP contribution in [0.1, 0.15) is 79.6 Å². The standard InChI is InChI=1S/C12H24.C3H8/c1-4-11(5-2)12-8-6-10(3)7-9-12;1-3-2/h10-12H,4-9H2,1-3H3;3H2,1-2H3. The van der Waals surface area contributed by atoms with Crippen molar-refractivity contribution in [2.24, 2.45) is 17.8 Å². The third kappa shape index (κ3) is 6.22. The van der Waals surface area contributed by atoms with Crippen LogP contribution >= 0.6 is 0 Å². The molecule has 0 amide bonds. The van der Waals surface area contributed by atoms with Gasteiger partial charge in [-0.2, -0.15) is 0 Å². The summed E-state index contributed by atoms with van der Waals surface area (Å²) >= 11 is 0. The summed E-state index contributed by atoms with van der Waals surface area (Å²) in [5.41, 5.74) is 0. The predicted molar refractivity (Wildman–Crippen MR) is 71.2 cm³/mol. The molecule has 0 aromatic rings. The molecule has 0 radical (unpaired) electrons. The lowest BCUT2D eigenvalue weighted by molar-refractivity contribution is 0.203. The summed E-state index contributed by atoms with van der Waals surface area (Å²) in [6, 6.07) is 0. The number of rotatable bonds is 3. The molecule has 0 bridgehead atoms. The van der Waals surface area contributed by atoms with Gasteiger partial charge in [0.05, 0.1) is 0 Å². The maximum Gasteiger partial charge on any atom is -0.0386 e. The first kappa shape index (κ1) is 15.0. The Morgan fingerprint density at radius 3 is 1.60 bits per heavy atom. The van der Waals surface area contributed by atoms with Crippen molar-refractivity contribution in [3.05, 3.63) is 0 Å². The maximum absolute atomic E-state index is 2.41. The van der Waals surface area contributed by atoms with Crippen LogP contribution < -0.4 is 0 Å². The topological polar surface area (TPSA) is 0 Å². The predicted octanol–water partition coefficient (Wildman–Crippen LogP) is 5.67. The van der Waals surface area contributed by atoms with E-state index in [-0.39, 0.29) is 0 Å². The van der Waals surface area contributed by atoms with Gasteiger partial charge in [-0.15, -0.1) is 0 Å². The fourth-order valence-electron chi connectivity index (χ4n) is 2.71. The molecule has 1 fully saturated rings. The van der Waals surface area contributed by atoms with Gasteiger partial charge in [0.1, 0.15) is 0 Å². The normalized spacial score (nSPS) is 26.0. The fourth-order valence-corrected chi connectivity index (χ4v) is 2.71. The van der Waals surface area contributed by atoms with Crippen LogP contribution in [-0.4, -0.2) is 0 Å². The van der Waals surface area contributed by atoms with Crippen LogP contribution in [0.3, 0.4) is 0 Å². The second kappa shape index (κ2) is 9.24. The summed E-state index contributed by atoms with van der Waals surface area (Å²) in [4.78, 5) is 0. The number of hydrogen-bond acceptors (Lipinski definition) is 0. The minimum Gasteiger partial charge on any atom is -0.0656 e. The van der Waals surface area contributed by atoms with Gasteiger partial charge in [-0.05, 0) is 30.6 Å². The van der Waals surface area contributed by atoms with Gasteiger partial charge >= 0.3 is 0 Å². The van der Waals surface area contributed by atoms with Gasteiger partial charge in [-0.25, -0.2) is 0 Å². The van der Waals surface area contributed by atoms with Crippen LogP contribution in [0.25, 0.3) is 0 Å². The molecule has 0 unspecified atom stereocenters. The average molecular weight is 212 g/mol. The second-order valence-corrected chi connectivity index (χ2v) is 5.30. The van der Waals surface area contributed by atoms with Crippen LogP contribution in [0.15, 0.2) is 0 Å². The largest absolute Gasteiger partial charge is 0.0656 e. The lowest BCUT2D eigenvalue weighted by Gasteiger charge is -2.31. The smallest absolute Gasteiger partial charge is 0.0386 e. The first-order valence-corrected chi connectivity index (χ1v) is 7.19. The van der Waals surface area contributed by atoms with Crippen molar-refractivity contribution in [1.29, 1.82) is 0 Å². The third-order valence-electron chi connectivity index (χ3n) is 3.78. The van der Waals surface area contributed by atoms with Crippen molar-refractivity contribution in [1.82, 2.24) is 0 Å². The summed E-state index contributed by atoms with van der Waals surface area (Å²) in [6.07, 6.45) is 10.0. The Morgan fingerprint density at radius 1 is 0.867 bits per heavy atom. The van der Waals surface area contributed by atoms with Gasteiger partial charge in [-0.3, -0.25) is 0 Å². The molecule has 0 nitrogen and oxygen atoms in total. The lowest BCUT2D eigenvalue weighted by Crippen LogP contribution is -2.19.